The van der Waals surface area contributed by atoms with E-state index in [0.29, 0.717) is 0 Å². The molecule has 0 amide bonds. The largest absolute Gasteiger partial charge is 0.544 e. The summed E-state index contributed by atoms with van der Waals surface area (Å²) in [4.78, 5) is 0. The maximum atomic E-state index is 6.61. The lowest BCUT2D eigenvalue weighted by atomic mass is 9.78. The molecule has 0 aliphatic rings. The van der Waals surface area contributed by atoms with Crippen molar-refractivity contribution in [3.8, 4) is 17.1 Å². The van der Waals surface area contributed by atoms with E-state index >= 15 is 0 Å². The maximum Gasteiger partial charge on any atom is 0.242 e. The fourth-order valence-electron chi connectivity index (χ4n) is 2.77. The van der Waals surface area contributed by atoms with Crippen LogP contribution in [0.25, 0.3) is 11.3 Å². The van der Waals surface area contributed by atoms with E-state index < -0.39 is 8.32 Å². The summed E-state index contributed by atoms with van der Waals surface area (Å²) in [5.41, 5.74) is 3.54. The van der Waals surface area contributed by atoms with Gasteiger partial charge in [-0.3, -0.25) is 0 Å². The van der Waals surface area contributed by atoms with Crippen molar-refractivity contribution in [3.05, 3.63) is 40.1 Å². The third-order valence-corrected chi connectivity index (χ3v) is 5.21. The molecular weight excluding hydrogens is 392 g/mol. The molecule has 1 heterocycles. The van der Waals surface area contributed by atoms with Crippen molar-refractivity contribution < 1.29 is 8.84 Å². The summed E-state index contributed by atoms with van der Waals surface area (Å²) in [6.45, 7) is 20.2. The predicted octanol–water partition coefficient (Wildman–Crippen LogP) is 7.52. The van der Waals surface area contributed by atoms with Crippen LogP contribution < -0.4 is 4.43 Å². The van der Waals surface area contributed by atoms with E-state index in [1.807, 2.05) is 12.1 Å². The van der Waals surface area contributed by atoms with Crippen LogP contribution in [0.5, 0.6) is 5.75 Å². The smallest absolute Gasteiger partial charge is 0.242 e. The Kier molecular flexibility index (Phi) is 5.38. The lowest BCUT2D eigenvalue weighted by Gasteiger charge is -2.33. The summed E-state index contributed by atoms with van der Waals surface area (Å²) in [5, 5.41) is 0. The third-order valence-electron chi connectivity index (χ3n) is 3.97. The van der Waals surface area contributed by atoms with Crippen molar-refractivity contribution in [2.75, 3.05) is 0 Å². The van der Waals surface area contributed by atoms with Crippen LogP contribution in [-0.2, 0) is 10.8 Å². The number of halogens is 1. The molecule has 0 radical (unpaired) electrons. The van der Waals surface area contributed by atoms with Gasteiger partial charge in [0.05, 0.1) is 0 Å². The van der Waals surface area contributed by atoms with Crippen molar-refractivity contribution in [2.24, 2.45) is 0 Å². The molecular formula is C21H31BrO2Si. The van der Waals surface area contributed by atoms with E-state index in [0.717, 1.165) is 21.7 Å². The molecule has 0 aliphatic heterocycles. The summed E-state index contributed by atoms with van der Waals surface area (Å²) in [6.07, 6.45) is 0. The Labute approximate surface area is 162 Å². The summed E-state index contributed by atoms with van der Waals surface area (Å²) < 4.78 is 13.2. The number of hydrogen-bond acceptors (Lipinski definition) is 2. The normalized spacial score (nSPS) is 13.2. The van der Waals surface area contributed by atoms with Crippen LogP contribution >= 0.6 is 15.9 Å². The van der Waals surface area contributed by atoms with Gasteiger partial charge in [-0.1, -0.05) is 41.5 Å². The Hall–Kier alpha value is -1.00. The molecule has 0 bridgehead atoms. The molecule has 0 spiro atoms. The second-order valence-electron chi connectivity index (χ2n) is 9.72. The van der Waals surface area contributed by atoms with Crippen LogP contribution in [0, 0.1) is 0 Å². The van der Waals surface area contributed by atoms with Crippen molar-refractivity contribution >= 4 is 24.2 Å². The minimum absolute atomic E-state index is 0.0190. The molecule has 0 atom stereocenters. The highest BCUT2D eigenvalue weighted by atomic mass is 79.9. The molecule has 138 valence electrons. The zero-order chi connectivity index (χ0) is 19.2. The molecule has 25 heavy (non-hydrogen) atoms. The molecule has 1 aromatic carbocycles. The zero-order valence-electron chi connectivity index (χ0n) is 17.0. The number of furan rings is 1. The summed E-state index contributed by atoms with van der Waals surface area (Å²) >= 11 is 3.41. The van der Waals surface area contributed by atoms with Gasteiger partial charge in [-0.25, -0.2) is 0 Å². The van der Waals surface area contributed by atoms with E-state index in [9.17, 15) is 0 Å². The van der Waals surface area contributed by atoms with E-state index in [-0.39, 0.29) is 10.8 Å². The van der Waals surface area contributed by atoms with Gasteiger partial charge in [0.1, 0.15) is 11.5 Å². The van der Waals surface area contributed by atoms with Crippen LogP contribution in [0.1, 0.15) is 52.7 Å². The summed E-state index contributed by atoms with van der Waals surface area (Å²) in [5.74, 6) is 1.94. The van der Waals surface area contributed by atoms with Crippen LogP contribution in [0.3, 0.4) is 0 Å². The number of rotatable bonds is 3. The first-order valence-corrected chi connectivity index (χ1v) is 13.0. The van der Waals surface area contributed by atoms with Crippen molar-refractivity contribution in [1.29, 1.82) is 0 Å². The molecule has 0 unspecified atom stereocenters. The molecule has 2 rings (SSSR count). The second kappa shape index (κ2) is 6.62. The minimum atomic E-state index is -1.74. The summed E-state index contributed by atoms with van der Waals surface area (Å²) in [7, 11) is -1.74. The average molecular weight is 423 g/mol. The highest BCUT2D eigenvalue weighted by Crippen LogP contribution is 2.44. The lowest BCUT2D eigenvalue weighted by molar-refractivity contribution is 0.477. The van der Waals surface area contributed by atoms with Gasteiger partial charge < -0.3 is 8.84 Å². The second-order valence-corrected chi connectivity index (χ2v) is 14.9. The van der Waals surface area contributed by atoms with Gasteiger partial charge in [-0.2, -0.15) is 0 Å². The quantitative estimate of drug-likeness (QED) is 0.477. The first kappa shape index (κ1) is 20.3. The van der Waals surface area contributed by atoms with Crippen molar-refractivity contribution in [2.45, 2.75) is 72.0 Å². The topological polar surface area (TPSA) is 22.4 Å². The Morgan fingerprint density at radius 1 is 0.880 bits per heavy atom. The minimum Gasteiger partial charge on any atom is -0.544 e. The van der Waals surface area contributed by atoms with Crippen LogP contribution in [0.2, 0.25) is 19.6 Å². The Morgan fingerprint density at radius 2 is 1.36 bits per heavy atom. The highest BCUT2D eigenvalue weighted by molar-refractivity contribution is 9.10. The van der Waals surface area contributed by atoms with Gasteiger partial charge in [0, 0.05) is 5.56 Å². The van der Waals surface area contributed by atoms with Crippen molar-refractivity contribution in [1.82, 2.24) is 0 Å². The van der Waals surface area contributed by atoms with Crippen LogP contribution in [0.15, 0.2) is 33.4 Å². The van der Waals surface area contributed by atoms with Gasteiger partial charge in [0.15, 0.2) is 4.67 Å². The van der Waals surface area contributed by atoms with E-state index in [1.165, 1.54) is 11.1 Å². The molecule has 0 aliphatic carbocycles. The van der Waals surface area contributed by atoms with E-state index in [2.05, 4.69) is 89.2 Å². The van der Waals surface area contributed by atoms with Gasteiger partial charge in [0.25, 0.3) is 0 Å². The maximum absolute atomic E-state index is 6.61. The SMILES string of the molecule is CC(C)(C)c1cc(-c2ccc(Br)o2)cc(C(C)(C)C)c1O[Si](C)(C)C. The highest BCUT2D eigenvalue weighted by Gasteiger charge is 2.31. The Morgan fingerprint density at radius 3 is 1.68 bits per heavy atom. The molecule has 2 nitrogen and oxygen atoms in total. The molecule has 0 saturated heterocycles. The summed E-state index contributed by atoms with van der Waals surface area (Å²) in [6, 6.07) is 8.42. The first-order valence-electron chi connectivity index (χ1n) is 8.82. The number of benzene rings is 1. The van der Waals surface area contributed by atoms with Gasteiger partial charge in [-0.15, -0.1) is 0 Å². The van der Waals surface area contributed by atoms with Crippen molar-refractivity contribution in [3.63, 3.8) is 0 Å². The number of hydrogen-bond donors (Lipinski definition) is 0. The fourth-order valence-corrected chi connectivity index (χ4v) is 3.91. The Bertz CT molecular complexity index is 720. The standard InChI is InChI=1S/C21H31BrO2Si/c1-20(2,3)15-12-14(17-10-11-18(22)23-17)13-16(21(4,5)6)19(15)24-25(7,8)9/h10-13H,1-9H3. The molecule has 4 heteroatoms. The van der Waals surface area contributed by atoms with Gasteiger partial charge >= 0.3 is 0 Å². The van der Waals surface area contributed by atoms with Crippen LogP contribution in [-0.4, -0.2) is 8.32 Å². The van der Waals surface area contributed by atoms with E-state index in [1.54, 1.807) is 0 Å². The average Bonchev–Trinajstić information content (AvgIpc) is 2.81. The first-order chi connectivity index (χ1) is 11.2. The molecule has 0 saturated carbocycles. The molecule has 1 aromatic heterocycles. The predicted molar refractivity (Wildman–Crippen MR) is 113 cm³/mol. The molecule has 0 N–H and O–H groups in total. The fraction of sp³-hybridized carbons (Fsp3) is 0.524. The third kappa shape index (κ3) is 5.01. The molecule has 0 fully saturated rings. The van der Waals surface area contributed by atoms with Gasteiger partial charge in [0.2, 0.25) is 8.32 Å². The van der Waals surface area contributed by atoms with Crippen LogP contribution in [0.4, 0.5) is 0 Å². The van der Waals surface area contributed by atoms with Gasteiger partial charge in [-0.05, 0) is 81.8 Å². The Balaban J connectivity index is 2.81. The monoisotopic (exact) mass is 422 g/mol. The lowest BCUT2D eigenvalue weighted by Crippen LogP contribution is -2.32. The van der Waals surface area contributed by atoms with E-state index in [4.69, 9.17) is 8.84 Å². The zero-order valence-corrected chi connectivity index (χ0v) is 19.6. The molecule has 2 aromatic rings.